The quantitative estimate of drug-likeness (QED) is 0.851. The van der Waals surface area contributed by atoms with Gasteiger partial charge in [0.1, 0.15) is 0 Å². The Labute approximate surface area is 89.4 Å². The van der Waals surface area contributed by atoms with Crippen molar-refractivity contribution in [2.45, 2.75) is 25.2 Å². The molecular weight excluding hydrogens is 214 g/mol. The predicted octanol–water partition coefficient (Wildman–Crippen LogP) is 1.30. The Balaban J connectivity index is 2.03. The van der Waals surface area contributed by atoms with Crippen molar-refractivity contribution in [1.29, 1.82) is 0 Å². The third-order valence-electron chi connectivity index (χ3n) is 2.44. The Hall–Kier alpha value is -1.43. The number of carboxylic acid groups (broad SMARTS) is 1. The Morgan fingerprint density at radius 1 is 1.67 bits per heavy atom. The van der Waals surface area contributed by atoms with E-state index in [-0.39, 0.29) is 6.42 Å². The van der Waals surface area contributed by atoms with Crippen molar-refractivity contribution in [2.75, 3.05) is 0 Å². The highest BCUT2D eigenvalue weighted by molar-refractivity contribution is 7.15. The fourth-order valence-corrected chi connectivity index (χ4v) is 2.36. The van der Waals surface area contributed by atoms with E-state index in [0.717, 1.165) is 23.6 Å². The number of nitrogens with zero attached hydrogens (tertiary/aromatic N) is 3. The van der Waals surface area contributed by atoms with Crippen molar-refractivity contribution in [1.82, 2.24) is 14.6 Å². The van der Waals surface area contributed by atoms with Gasteiger partial charge in [-0.2, -0.15) is 5.10 Å². The number of hydrogen-bond donors (Lipinski definition) is 1. The van der Waals surface area contributed by atoms with Crippen molar-refractivity contribution >= 4 is 22.3 Å². The van der Waals surface area contributed by atoms with E-state index in [1.54, 1.807) is 9.90 Å². The lowest BCUT2D eigenvalue weighted by Gasteiger charge is -1.91. The molecule has 0 unspecified atom stereocenters. The lowest BCUT2D eigenvalue weighted by atomic mass is 10.3. The summed E-state index contributed by atoms with van der Waals surface area (Å²) in [6.07, 6.45) is 2.33. The van der Waals surface area contributed by atoms with Crippen LogP contribution >= 0.6 is 11.3 Å². The number of hydrogen-bond acceptors (Lipinski definition) is 4. The summed E-state index contributed by atoms with van der Waals surface area (Å²) in [5.74, 6) is 0.543. The summed E-state index contributed by atoms with van der Waals surface area (Å²) in [6, 6.07) is 0. The summed E-state index contributed by atoms with van der Waals surface area (Å²) in [5, 5.41) is 14.9. The van der Waals surface area contributed by atoms with Crippen molar-refractivity contribution in [3.63, 3.8) is 0 Å². The van der Waals surface area contributed by atoms with Crippen LogP contribution in [0.1, 0.15) is 30.3 Å². The summed E-state index contributed by atoms with van der Waals surface area (Å²) in [7, 11) is 0. The van der Waals surface area contributed by atoms with Gasteiger partial charge in [0, 0.05) is 11.3 Å². The molecule has 15 heavy (non-hydrogen) atoms. The third kappa shape index (κ3) is 1.50. The first-order valence-electron chi connectivity index (χ1n) is 4.79. The van der Waals surface area contributed by atoms with E-state index >= 15 is 0 Å². The van der Waals surface area contributed by atoms with Gasteiger partial charge in [-0.05, 0) is 12.8 Å². The summed E-state index contributed by atoms with van der Waals surface area (Å²) in [6.45, 7) is 0. The molecule has 2 heterocycles. The molecule has 1 aliphatic rings. The Morgan fingerprint density at radius 2 is 2.47 bits per heavy atom. The minimum absolute atomic E-state index is 0.00741. The molecule has 1 aliphatic carbocycles. The molecule has 1 fully saturated rings. The van der Waals surface area contributed by atoms with Gasteiger partial charge in [0.15, 0.2) is 5.82 Å². The summed E-state index contributed by atoms with van der Waals surface area (Å²) in [5.41, 5.74) is 0.710. The van der Waals surface area contributed by atoms with E-state index in [9.17, 15) is 4.79 Å². The van der Waals surface area contributed by atoms with Gasteiger partial charge in [-0.25, -0.2) is 9.50 Å². The monoisotopic (exact) mass is 223 g/mol. The van der Waals surface area contributed by atoms with Crippen LogP contribution in [0.5, 0.6) is 0 Å². The van der Waals surface area contributed by atoms with Crippen LogP contribution in [0.15, 0.2) is 5.38 Å². The second kappa shape index (κ2) is 3.03. The summed E-state index contributed by atoms with van der Waals surface area (Å²) < 4.78 is 1.66. The van der Waals surface area contributed by atoms with Crippen molar-refractivity contribution < 1.29 is 9.90 Å². The van der Waals surface area contributed by atoms with Gasteiger partial charge in [0.25, 0.3) is 0 Å². The molecule has 2 aromatic rings. The highest BCUT2D eigenvalue weighted by Gasteiger charge is 2.28. The molecule has 0 saturated heterocycles. The first-order chi connectivity index (χ1) is 7.24. The van der Waals surface area contributed by atoms with Gasteiger partial charge >= 0.3 is 5.97 Å². The summed E-state index contributed by atoms with van der Waals surface area (Å²) >= 11 is 1.45. The zero-order chi connectivity index (χ0) is 10.4. The fraction of sp³-hybridized carbons (Fsp3) is 0.444. The van der Waals surface area contributed by atoms with Gasteiger partial charge in [-0.15, -0.1) is 11.3 Å². The maximum Gasteiger partial charge on any atom is 0.309 e. The SMILES string of the molecule is O=C(O)Cc1csc2nc(C3CC3)nn12. The lowest BCUT2D eigenvalue weighted by Crippen LogP contribution is -2.03. The second-order valence-electron chi connectivity index (χ2n) is 3.74. The zero-order valence-corrected chi connectivity index (χ0v) is 8.70. The van der Waals surface area contributed by atoms with E-state index in [1.165, 1.54) is 11.3 Å². The van der Waals surface area contributed by atoms with Gasteiger partial charge < -0.3 is 5.11 Å². The molecule has 0 spiro atoms. The highest BCUT2D eigenvalue weighted by Crippen LogP contribution is 2.38. The van der Waals surface area contributed by atoms with Gasteiger partial charge in [-0.3, -0.25) is 4.79 Å². The van der Waals surface area contributed by atoms with E-state index in [1.807, 2.05) is 0 Å². The maximum absolute atomic E-state index is 10.6. The number of thiazole rings is 1. The average molecular weight is 223 g/mol. The molecule has 1 saturated carbocycles. The normalized spacial score (nSPS) is 16.0. The Kier molecular flexibility index (Phi) is 1.79. The van der Waals surface area contributed by atoms with Gasteiger partial charge in [0.2, 0.25) is 4.96 Å². The van der Waals surface area contributed by atoms with Crippen LogP contribution in [-0.4, -0.2) is 25.7 Å². The maximum atomic E-state index is 10.6. The zero-order valence-electron chi connectivity index (χ0n) is 7.88. The van der Waals surface area contributed by atoms with Crippen LogP contribution < -0.4 is 0 Å². The molecule has 0 bridgehead atoms. The molecule has 0 radical (unpaired) electrons. The molecule has 0 atom stereocenters. The minimum atomic E-state index is -0.835. The molecule has 5 nitrogen and oxygen atoms in total. The number of carbonyl (C=O) groups is 1. The summed E-state index contributed by atoms with van der Waals surface area (Å²) in [4.78, 5) is 15.8. The van der Waals surface area contributed by atoms with Crippen molar-refractivity contribution in [3.05, 3.63) is 16.9 Å². The number of rotatable bonds is 3. The number of aromatic nitrogens is 3. The average Bonchev–Trinajstić information content (AvgIpc) is 2.84. The van der Waals surface area contributed by atoms with Crippen molar-refractivity contribution in [3.8, 4) is 0 Å². The Bertz CT molecular complexity index is 526. The van der Waals surface area contributed by atoms with Gasteiger partial charge in [-0.1, -0.05) is 0 Å². The molecule has 1 N–H and O–H groups in total. The first-order valence-corrected chi connectivity index (χ1v) is 5.67. The fourth-order valence-electron chi connectivity index (χ4n) is 1.53. The van der Waals surface area contributed by atoms with E-state index in [4.69, 9.17) is 5.11 Å². The third-order valence-corrected chi connectivity index (χ3v) is 3.31. The van der Waals surface area contributed by atoms with Crippen LogP contribution in [0.3, 0.4) is 0 Å². The van der Waals surface area contributed by atoms with Gasteiger partial charge in [0.05, 0.1) is 12.1 Å². The molecule has 6 heteroatoms. The predicted molar refractivity (Wildman–Crippen MR) is 54.2 cm³/mol. The molecule has 2 aromatic heterocycles. The Morgan fingerprint density at radius 3 is 3.13 bits per heavy atom. The second-order valence-corrected chi connectivity index (χ2v) is 4.57. The number of aliphatic carboxylic acids is 1. The van der Waals surface area contributed by atoms with E-state index in [2.05, 4.69) is 10.1 Å². The van der Waals surface area contributed by atoms with Crippen LogP contribution in [0.25, 0.3) is 4.96 Å². The van der Waals surface area contributed by atoms with Crippen LogP contribution in [0.4, 0.5) is 0 Å². The molecule has 0 aliphatic heterocycles. The molecule has 0 amide bonds. The topological polar surface area (TPSA) is 67.5 Å². The molecule has 0 aromatic carbocycles. The first kappa shape index (κ1) is 8.84. The van der Waals surface area contributed by atoms with E-state index in [0.29, 0.717) is 11.6 Å². The molecule has 3 rings (SSSR count). The highest BCUT2D eigenvalue weighted by atomic mass is 32.1. The standard InChI is InChI=1S/C9H9N3O2S/c13-7(14)3-6-4-15-9-10-8(5-1-2-5)11-12(6)9/h4-5H,1-3H2,(H,13,14). The van der Waals surface area contributed by atoms with E-state index < -0.39 is 5.97 Å². The van der Waals surface area contributed by atoms with Crippen LogP contribution in [0.2, 0.25) is 0 Å². The number of carboxylic acids is 1. The molecular formula is C9H9N3O2S. The largest absolute Gasteiger partial charge is 0.481 e. The molecule has 78 valence electrons. The van der Waals surface area contributed by atoms with Crippen LogP contribution in [-0.2, 0) is 11.2 Å². The van der Waals surface area contributed by atoms with Crippen molar-refractivity contribution in [2.24, 2.45) is 0 Å². The number of fused-ring (bicyclic) bond motifs is 1. The smallest absolute Gasteiger partial charge is 0.309 e. The van der Waals surface area contributed by atoms with Crippen LogP contribution in [0, 0.1) is 0 Å². The minimum Gasteiger partial charge on any atom is -0.481 e. The lowest BCUT2D eigenvalue weighted by molar-refractivity contribution is -0.136.